The van der Waals surface area contributed by atoms with Gasteiger partial charge in [0.25, 0.3) is 0 Å². The molecule has 3 N–H and O–H groups in total. The summed E-state index contributed by atoms with van der Waals surface area (Å²) in [7, 11) is 0. The molecule has 0 amide bonds. The summed E-state index contributed by atoms with van der Waals surface area (Å²) in [5.74, 6) is -0.179. The normalized spacial score (nSPS) is 12.4. The maximum absolute atomic E-state index is 13.7. The van der Waals surface area contributed by atoms with Gasteiger partial charge >= 0.3 is 0 Å². The molecule has 0 aliphatic heterocycles. The van der Waals surface area contributed by atoms with Crippen molar-refractivity contribution in [3.05, 3.63) is 83.7 Å². The number of nitrogens with one attached hydrogen (secondary N) is 1. The number of fused-ring (bicyclic) bond motifs is 1. The number of hydrogen-bond acceptors (Lipinski definition) is 2. The Labute approximate surface area is 136 Å². The Kier molecular flexibility index (Phi) is 5.01. The second-order valence-electron chi connectivity index (χ2n) is 5.79. The molecule has 23 heavy (non-hydrogen) atoms. The molecule has 0 saturated carbocycles. The molecule has 3 aromatic rings. The zero-order chi connectivity index (χ0) is 16.1. The lowest BCUT2D eigenvalue weighted by Gasteiger charge is -2.17. The minimum atomic E-state index is -0.179. The first-order valence-corrected chi connectivity index (χ1v) is 7.91. The van der Waals surface area contributed by atoms with Crippen molar-refractivity contribution in [1.29, 1.82) is 0 Å². The van der Waals surface area contributed by atoms with Crippen LogP contribution in [0.5, 0.6) is 0 Å². The first kappa shape index (κ1) is 15.7. The lowest BCUT2D eigenvalue weighted by molar-refractivity contribution is 0.502. The van der Waals surface area contributed by atoms with E-state index in [2.05, 4.69) is 35.6 Å². The summed E-state index contributed by atoms with van der Waals surface area (Å²) in [6, 6.07) is 21.7. The summed E-state index contributed by atoms with van der Waals surface area (Å²) in [6.45, 7) is 1.00. The molecular weight excluding hydrogens is 287 g/mol. The van der Waals surface area contributed by atoms with Crippen LogP contribution in [0.4, 0.5) is 4.39 Å². The molecule has 118 valence electrons. The highest BCUT2D eigenvalue weighted by molar-refractivity contribution is 5.82. The van der Waals surface area contributed by atoms with Crippen LogP contribution in [0.15, 0.2) is 66.7 Å². The van der Waals surface area contributed by atoms with Gasteiger partial charge in [-0.05, 0) is 28.8 Å². The van der Waals surface area contributed by atoms with E-state index in [0.29, 0.717) is 18.7 Å². The molecule has 0 heterocycles. The Hall–Kier alpha value is -2.23. The predicted molar refractivity (Wildman–Crippen MR) is 93.7 cm³/mol. The molecule has 0 saturated heterocycles. The molecule has 0 aliphatic carbocycles. The highest BCUT2D eigenvalue weighted by Crippen LogP contribution is 2.17. The van der Waals surface area contributed by atoms with E-state index in [9.17, 15) is 4.39 Å². The highest BCUT2D eigenvalue weighted by Gasteiger charge is 2.09. The van der Waals surface area contributed by atoms with E-state index < -0.39 is 0 Å². The number of rotatable bonds is 6. The largest absolute Gasteiger partial charge is 0.329 e. The fourth-order valence-electron chi connectivity index (χ4n) is 2.79. The Morgan fingerprint density at radius 3 is 2.43 bits per heavy atom. The van der Waals surface area contributed by atoms with Gasteiger partial charge in [0.2, 0.25) is 0 Å². The SMILES string of the molecule is NCC(Cc1ccc2ccccc2c1)NCc1ccccc1F. The Bertz CT molecular complexity index is 785. The van der Waals surface area contributed by atoms with Gasteiger partial charge in [-0.25, -0.2) is 4.39 Å². The summed E-state index contributed by atoms with van der Waals surface area (Å²) >= 11 is 0. The van der Waals surface area contributed by atoms with E-state index in [1.165, 1.54) is 22.4 Å². The second-order valence-corrected chi connectivity index (χ2v) is 5.79. The van der Waals surface area contributed by atoms with Crippen molar-refractivity contribution in [2.45, 2.75) is 19.0 Å². The molecule has 2 nitrogen and oxygen atoms in total. The maximum atomic E-state index is 13.7. The van der Waals surface area contributed by atoms with Gasteiger partial charge in [-0.15, -0.1) is 0 Å². The lowest BCUT2D eigenvalue weighted by atomic mass is 10.0. The Morgan fingerprint density at radius 1 is 0.913 bits per heavy atom. The van der Waals surface area contributed by atoms with E-state index >= 15 is 0 Å². The van der Waals surface area contributed by atoms with Crippen LogP contribution in [0.2, 0.25) is 0 Å². The van der Waals surface area contributed by atoms with Crippen molar-refractivity contribution >= 4 is 10.8 Å². The van der Waals surface area contributed by atoms with Gasteiger partial charge in [0.05, 0.1) is 0 Å². The molecule has 0 fully saturated rings. The summed E-state index contributed by atoms with van der Waals surface area (Å²) in [5, 5.41) is 5.83. The minimum absolute atomic E-state index is 0.121. The van der Waals surface area contributed by atoms with Crippen molar-refractivity contribution in [3.8, 4) is 0 Å². The van der Waals surface area contributed by atoms with Crippen LogP contribution in [-0.2, 0) is 13.0 Å². The summed E-state index contributed by atoms with van der Waals surface area (Å²) < 4.78 is 13.7. The zero-order valence-corrected chi connectivity index (χ0v) is 13.0. The van der Waals surface area contributed by atoms with Gasteiger partial charge in [-0.1, -0.05) is 60.7 Å². The third kappa shape index (κ3) is 3.95. The number of nitrogens with two attached hydrogens (primary N) is 1. The second kappa shape index (κ2) is 7.36. The summed E-state index contributed by atoms with van der Waals surface area (Å²) in [6.07, 6.45) is 0.829. The van der Waals surface area contributed by atoms with Crippen molar-refractivity contribution < 1.29 is 4.39 Å². The van der Waals surface area contributed by atoms with Crippen molar-refractivity contribution in [2.24, 2.45) is 5.73 Å². The third-order valence-electron chi connectivity index (χ3n) is 4.12. The van der Waals surface area contributed by atoms with Crippen molar-refractivity contribution in [1.82, 2.24) is 5.32 Å². The molecule has 0 bridgehead atoms. The molecule has 1 atom stereocenters. The molecule has 1 unspecified atom stereocenters. The average molecular weight is 308 g/mol. The fraction of sp³-hybridized carbons (Fsp3) is 0.200. The van der Waals surface area contributed by atoms with E-state index in [1.807, 2.05) is 18.2 Å². The lowest BCUT2D eigenvalue weighted by Crippen LogP contribution is -2.37. The monoisotopic (exact) mass is 308 g/mol. The molecule has 0 aliphatic rings. The maximum Gasteiger partial charge on any atom is 0.127 e. The average Bonchev–Trinajstić information content (AvgIpc) is 2.59. The molecule has 3 rings (SSSR count). The number of benzene rings is 3. The highest BCUT2D eigenvalue weighted by atomic mass is 19.1. The minimum Gasteiger partial charge on any atom is -0.329 e. The Morgan fingerprint density at radius 2 is 1.65 bits per heavy atom. The van der Waals surface area contributed by atoms with Crippen molar-refractivity contribution in [3.63, 3.8) is 0 Å². The van der Waals surface area contributed by atoms with E-state index in [4.69, 9.17) is 5.73 Å². The van der Waals surface area contributed by atoms with Crippen LogP contribution >= 0.6 is 0 Å². The zero-order valence-electron chi connectivity index (χ0n) is 13.0. The van der Waals surface area contributed by atoms with E-state index in [1.54, 1.807) is 12.1 Å². The first-order chi connectivity index (χ1) is 11.3. The summed E-state index contributed by atoms with van der Waals surface area (Å²) in [4.78, 5) is 0. The van der Waals surface area contributed by atoms with Crippen LogP contribution in [0.1, 0.15) is 11.1 Å². The van der Waals surface area contributed by atoms with Gasteiger partial charge in [0.1, 0.15) is 5.82 Å². The predicted octanol–water partition coefficient (Wildman–Crippen LogP) is 3.64. The van der Waals surface area contributed by atoms with E-state index in [-0.39, 0.29) is 11.9 Å². The standard InChI is InChI=1S/C20H21FN2/c21-20-8-4-3-7-18(20)14-23-19(13-22)12-15-9-10-16-5-1-2-6-17(16)11-15/h1-11,19,23H,12-14,22H2. The quantitative estimate of drug-likeness (QED) is 0.729. The summed E-state index contributed by atoms with van der Waals surface area (Å²) in [5.41, 5.74) is 7.79. The van der Waals surface area contributed by atoms with Crippen LogP contribution in [-0.4, -0.2) is 12.6 Å². The van der Waals surface area contributed by atoms with Gasteiger partial charge < -0.3 is 11.1 Å². The van der Waals surface area contributed by atoms with Gasteiger partial charge in [0.15, 0.2) is 0 Å². The van der Waals surface area contributed by atoms with Gasteiger partial charge in [-0.3, -0.25) is 0 Å². The first-order valence-electron chi connectivity index (χ1n) is 7.91. The van der Waals surface area contributed by atoms with Crippen LogP contribution in [0.25, 0.3) is 10.8 Å². The van der Waals surface area contributed by atoms with Crippen molar-refractivity contribution in [2.75, 3.05) is 6.54 Å². The molecule has 3 heteroatoms. The van der Waals surface area contributed by atoms with Gasteiger partial charge in [0, 0.05) is 24.7 Å². The molecule has 3 aromatic carbocycles. The molecular formula is C20H21FN2. The fourth-order valence-corrected chi connectivity index (χ4v) is 2.79. The van der Waals surface area contributed by atoms with Crippen LogP contribution < -0.4 is 11.1 Å². The number of halogens is 1. The Balaban J connectivity index is 1.67. The van der Waals surface area contributed by atoms with Crippen LogP contribution in [0, 0.1) is 5.82 Å². The van der Waals surface area contributed by atoms with Crippen LogP contribution in [0.3, 0.4) is 0 Å². The third-order valence-corrected chi connectivity index (χ3v) is 4.12. The smallest absolute Gasteiger partial charge is 0.127 e. The topological polar surface area (TPSA) is 38.0 Å². The van der Waals surface area contributed by atoms with Gasteiger partial charge in [-0.2, -0.15) is 0 Å². The molecule has 0 aromatic heterocycles. The molecule has 0 radical (unpaired) electrons. The van der Waals surface area contributed by atoms with E-state index in [0.717, 1.165) is 6.42 Å². The molecule has 0 spiro atoms. The number of hydrogen-bond donors (Lipinski definition) is 2.